The second-order valence-electron chi connectivity index (χ2n) is 7.73. The second kappa shape index (κ2) is 6.77. The fraction of sp³-hybridized carbons (Fsp3) is 0.429. The summed E-state index contributed by atoms with van der Waals surface area (Å²) in [5.41, 5.74) is 1.73. The van der Waals surface area contributed by atoms with Crippen molar-refractivity contribution in [3.63, 3.8) is 0 Å². The summed E-state index contributed by atoms with van der Waals surface area (Å²) in [6.07, 6.45) is 0. The molecule has 2 aromatic rings. The van der Waals surface area contributed by atoms with E-state index in [0.29, 0.717) is 12.1 Å². The van der Waals surface area contributed by atoms with E-state index in [0.717, 1.165) is 24.2 Å². The van der Waals surface area contributed by atoms with Gasteiger partial charge in [-0.2, -0.15) is 0 Å². The van der Waals surface area contributed by atoms with Crippen LogP contribution < -0.4 is 0 Å². The third-order valence-corrected chi connectivity index (χ3v) is 5.05. The van der Waals surface area contributed by atoms with E-state index < -0.39 is 5.60 Å². The molecular formula is C21H26FNO2. The Morgan fingerprint density at radius 3 is 2.28 bits per heavy atom. The van der Waals surface area contributed by atoms with E-state index in [9.17, 15) is 14.6 Å². The van der Waals surface area contributed by atoms with E-state index in [-0.39, 0.29) is 23.4 Å². The smallest absolute Gasteiger partial charge is 0.126 e. The number of para-hydroxylation sites is 1. The highest BCUT2D eigenvalue weighted by Crippen LogP contribution is 2.43. The van der Waals surface area contributed by atoms with Gasteiger partial charge >= 0.3 is 0 Å². The van der Waals surface area contributed by atoms with Crippen LogP contribution >= 0.6 is 0 Å². The van der Waals surface area contributed by atoms with E-state index in [1.807, 2.05) is 31.2 Å². The molecule has 0 aromatic heterocycles. The van der Waals surface area contributed by atoms with Crippen molar-refractivity contribution >= 4 is 0 Å². The minimum absolute atomic E-state index is 0.0593. The number of likely N-dealkylation sites (tertiary alicyclic amines) is 1. The number of β-amino-alcohol motifs (C(OH)–C–C–N with tert-alkyl or cyclic N) is 1. The molecule has 3 nitrogen and oxygen atoms in total. The molecule has 1 aliphatic heterocycles. The molecule has 2 aromatic carbocycles. The van der Waals surface area contributed by atoms with Crippen molar-refractivity contribution in [2.75, 3.05) is 19.6 Å². The van der Waals surface area contributed by atoms with E-state index in [1.54, 1.807) is 26.0 Å². The summed E-state index contributed by atoms with van der Waals surface area (Å²) < 4.78 is 14.1. The van der Waals surface area contributed by atoms with Gasteiger partial charge in [-0.3, -0.25) is 4.90 Å². The van der Waals surface area contributed by atoms with Crippen molar-refractivity contribution in [1.82, 2.24) is 4.90 Å². The van der Waals surface area contributed by atoms with Gasteiger partial charge in [0, 0.05) is 31.5 Å². The molecule has 25 heavy (non-hydrogen) atoms. The highest BCUT2D eigenvalue weighted by Gasteiger charge is 2.38. The lowest BCUT2D eigenvalue weighted by atomic mass is 9.82. The van der Waals surface area contributed by atoms with E-state index in [1.165, 1.54) is 6.07 Å². The molecule has 0 unspecified atom stereocenters. The SMILES string of the molecule is Cc1c(F)cccc1[C@@H]1CN(CC(C)(C)O)C[C@@H]1c1ccccc1O. The number of phenolic OH excluding ortho intramolecular Hbond substituents is 1. The Hall–Kier alpha value is -1.91. The van der Waals surface area contributed by atoms with E-state index in [4.69, 9.17) is 0 Å². The first-order valence-corrected chi connectivity index (χ1v) is 8.74. The molecule has 0 aliphatic carbocycles. The molecule has 2 N–H and O–H groups in total. The predicted octanol–water partition coefficient (Wildman–Crippen LogP) is 3.79. The Kier molecular flexibility index (Phi) is 4.85. The monoisotopic (exact) mass is 343 g/mol. The van der Waals surface area contributed by atoms with Gasteiger partial charge in [0.25, 0.3) is 0 Å². The highest BCUT2D eigenvalue weighted by atomic mass is 19.1. The van der Waals surface area contributed by atoms with Gasteiger partial charge in [0.1, 0.15) is 11.6 Å². The first-order valence-electron chi connectivity index (χ1n) is 8.74. The zero-order valence-corrected chi connectivity index (χ0v) is 15.0. The molecule has 0 bridgehead atoms. The van der Waals surface area contributed by atoms with Crippen molar-refractivity contribution < 1.29 is 14.6 Å². The van der Waals surface area contributed by atoms with Gasteiger partial charge in [-0.1, -0.05) is 30.3 Å². The van der Waals surface area contributed by atoms with Gasteiger partial charge in [0.2, 0.25) is 0 Å². The molecule has 4 heteroatoms. The summed E-state index contributed by atoms with van der Waals surface area (Å²) in [5.74, 6) is 0.210. The third kappa shape index (κ3) is 3.86. The Morgan fingerprint density at radius 2 is 1.64 bits per heavy atom. The topological polar surface area (TPSA) is 43.7 Å². The number of benzene rings is 2. The lowest BCUT2D eigenvalue weighted by molar-refractivity contribution is 0.0432. The summed E-state index contributed by atoms with van der Waals surface area (Å²) in [6.45, 7) is 7.40. The zero-order valence-electron chi connectivity index (χ0n) is 15.0. The summed E-state index contributed by atoms with van der Waals surface area (Å²) in [7, 11) is 0. The van der Waals surface area contributed by atoms with Crippen LogP contribution in [0.5, 0.6) is 5.75 Å². The first-order chi connectivity index (χ1) is 11.8. The number of halogens is 1. The normalized spacial score (nSPS) is 21.6. The fourth-order valence-corrected chi connectivity index (χ4v) is 4.02. The van der Waals surface area contributed by atoms with Crippen LogP contribution in [0.1, 0.15) is 42.4 Å². The van der Waals surface area contributed by atoms with Crippen LogP contribution in [0.15, 0.2) is 42.5 Å². The van der Waals surface area contributed by atoms with Crippen LogP contribution in [-0.4, -0.2) is 40.3 Å². The Morgan fingerprint density at radius 1 is 1.04 bits per heavy atom. The van der Waals surface area contributed by atoms with E-state index >= 15 is 0 Å². The maximum Gasteiger partial charge on any atom is 0.126 e. The Labute approximate surface area is 148 Å². The average molecular weight is 343 g/mol. The van der Waals surface area contributed by atoms with Crippen LogP contribution in [0.3, 0.4) is 0 Å². The van der Waals surface area contributed by atoms with Crippen LogP contribution in [-0.2, 0) is 0 Å². The minimum Gasteiger partial charge on any atom is -0.508 e. The quantitative estimate of drug-likeness (QED) is 0.888. The molecule has 3 rings (SSSR count). The molecule has 0 radical (unpaired) electrons. The van der Waals surface area contributed by atoms with Crippen molar-refractivity contribution in [2.24, 2.45) is 0 Å². The molecule has 0 amide bonds. The van der Waals surface area contributed by atoms with Crippen molar-refractivity contribution in [1.29, 1.82) is 0 Å². The number of aromatic hydroxyl groups is 1. The number of rotatable bonds is 4. The van der Waals surface area contributed by atoms with Gasteiger partial charge in [0.05, 0.1) is 5.60 Å². The highest BCUT2D eigenvalue weighted by molar-refractivity contribution is 5.41. The third-order valence-electron chi connectivity index (χ3n) is 5.05. The van der Waals surface area contributed by atoms with Gasteiger partial charge in [-0.15, -0.1) is 0 Å². The van der Waals surface area contributed by atoms with Gasteiger partial charge in [0.15, 0.2) is 0 Å². The van der Waals surface area contributed by atoms with Crippen LogP contribution in [0.2, 0.25) is 0 Å². The zero-order chi connectivity index (χ0) is 18.2. The van der Waals surface area contributed by atoms with Crippen molar-refractivity contribution in [3.8, 4) is 5.75 Å². The molecule has 1 aliphatic rings. The predicted molar refractivity (Wildman–Crippen MR) is 97.5 cm³/mol. The van der Waals surface area contributed by atoms with Crippen molar-refractivity contribution in [3.05, 3.63) is 65.0 Å². The van der Waals surface area contributed by atoms with Crippen molar-refractivity contribution in [2.45, 2.75) is 38.2 Å². The number of phenols is 1. The Bertz CT molecular complexity index is 754. The Balaban J connectivity index is 2.00. The lowest BCUT2D eigenvalue weighted by Crippen LogP contribution is -2.37. The molecule has 134 valence electrons. The largest absolute Gasteiger partial charge is 0.508 e. The fourth-order valence-electron chi connectivity index (χ4n) is 4.02. The van der Waals surface area contributed by atoms with Gasteiger partial charge in [-0.05, 0) is 49.6 Å². The average Bonchev–Trinajstić information content (AvgIpc) is 2.91. The molecular weight excluding hydrogens is 317 g/mol. The second-order valence-corrected chi connectivity index (χ2v) is 7.73. The number of hydrogen-bond donors (Lipinski definition) is 2. The summed E-state index contributed by atoms with van der Waals surface area (Å²) in [5, 5.41) is 20.5. The van der Waals surface area contributed by atoms with E-state index in [2.05, 4.69) is 4.90 Å². The number of hydrogen-bond acceptors (Lipinski definition) is 3. The maximum absolute atomic E-state index is 14.1. The molecule has 0 saturated carbocycles. The maximum atomic E-state index is 14.1. The summed E-state index contributed by atoms with van der Waals surface area (Å²) in [6, 6.07) is 12.6. The van der Waals surface area contributed by atoms with Crippen LogP contribution in [0.4, 0.5) is 4.39 Å². The number of nitrogens with zero attached hydrogens (tertiary/aromatic N) is 1. The number of aliphatic hydroxyl groups is 1. The van der Waals surface area contributed by atoms with Crippen LogP contribution in [0.25, 0.3) is 0 Å². The molecule has 0 spiro atoms. The first kappa shape index (κ1) is 17.9. The molecule has 1 heterocycles. The van der Waals surface area contributed by atoms with Crippen LogP contribution in [0, 0.1) is 12.7 Å². The van der Waals surface area contributed by atoms with Gasteiger partial charge in [-0.25, -0.2) is 4.39 Å². The standard InChI is InChI=1S/C21H26FNO2/c1-14-15(8-6-9-19(14)22)17-11-23(13-21(2,3)25)12-18(17)16-7-4-5-10-20(16)24/h4-10,17-18,24-25H,11-13H2,1-3H3/t17-,18+/m0/s1. The molecule has 1 saturated heterocycles. The molecule has 2 atom stereocenters. The lowest BCUT2D eigenvalue weighted by Gasteiger charge is -2.25. The summed E-state index contributed by atoms with van der Waals surface area (Å²) in [4.78, 5) is 2.20. The summed E-state index contributed by atoms with van der Waals surface area (Å²) >= 11 is 0. The van der Waals surface area contributed by atoms with Gasteiger partial charge < -0.3 is 10.2 Å². The molecule has 1 fully saturated rings. The minimum atomic E-state index is -0.796.